The lowest BCUT2D eigenvalue weighted by atomic mass is 10.1. The standard InChI is InChI=1S/C16H19N3O2/c1-2-3-4-5-15(20)19-14-10-13(11-18-16(14)21)12-6-8-17-9-7-12/h6-11H,2-5H2,1H3,(H,18,21)(H,19,20). The highest BCUT2D eigenvalue weighted by atomic mass is 16.2. The minimum atomic E-state index is -0.295. The maximum Gasteiger partial charge on any atom is 0.271 e. The van der Waals surface area contributed by atoms with Crippen LogP contribution in [-0.4, -0.2) is 15.9 Å². The maximum absolute atomic E-state index is 11.8. The van der Waals surface area contributed by atoms with Gasteiger partial charge in [0.1, 0.15) is 5.69 Å². The van der Waals surface area contributed by atoms with Crippen molar-refractivity contribution < 1.29 is 4.79 Å². The van der Waals surface area contributed by atoms with Crippen molar-refractivity contribution in [2.45, 2.75) is 32.6 Å². The van der Waals surface area contributed by atoms with Crippen molar-refractivity contribution in [2.24, 2.45) is 0 Å². The van der Waals surface area contributed by atoms with E-state index in [-0.39, 0.29) is 17.2 Å². The molecule has 2 aromatic heterocycles. The lowest BCUT2D eigenvalue weighted by Gasteiger charge is -2.06. The van der Waals surface area contributed by atoms with Gasteiger partial charge in [-0.05, 0) is 30.2 Å². The van der Waals surface area contributed by atoms with Crippen molar-refractivity contribution in [3.63, 3.8) is 0 Å². The van der Waals surface area contributed by atoms with Crippen LogP contribution in [0.25, 0.3) is 11.1 Å². The van der Waals surface area contributed by atoms with Crippen molar-refractivity contribution in [1.82, 2.24) is 9.97 Å². The lowest BCUT2D eigenvalue weighted by molar-refractivity contribution is -0.116. The molecule has 0 spiro atoms. The van der Waals surface area contributed by atoms with Crippen LogP contribution in [0, 0.1) is 0 Å². The zero-order valence-corrected chi connectivity index (χ0v) is 12.1. The van der Waals surface area contributed by atoms with Gasteiger partial charge in [-0.1, -0.05) is 19.8 Å². The first kappa shape index (κ1) is 15.0. The summed E-state index contributed by atoms with van der Waals surface area (Å²) in [5.41, 5.74) is 1.76. The second-order valence-corrected chi connectivity index (χ2v) is 4.87. The smallest absolute Gasteiger partial charge is 0.271 e. The fraction of sp³-hybridized carbons (Fsp3) is 0.312. The summed E-state index contributed by atoms with van der Waals surface area (Å²) in [6.45, 7) is 2.08. The van der Waals surface area contributed by atoms with Crippen LogP contribution < -0.4 is 10.9 Å². The Morgan fingerprint density at radius 2 is 2.00 bits per heavy atom. The summed E-state index contributed by atoms with van der Waals surface area (Å²) in [5, 5.41) is 2.68. The van der Waals surface area contributed by atoms with Gasteiger partial charge in [0, 0.05) is 30.6 Å². The fourth-order valence-corrected chi connectivity index (χ4v) is 2.04. The molecule has 21 heavy (non-hydrogen) atoms. The number of rotatable bonds is 6. The topological polar surface area (TPSA) is 74.8 Å². The molecule has 2 aromatic rings. The minimum Gasteiger partial charge on any atom is -0.327 e. The normalized spacial score (nSPS) is 10.3. The Morgan fingerprint density at radius 3 is 2.71 bits per heavy atom. The molecule has 0 aliphatic carbocycles. The highest BCUT2D eigenvalue weighted by Gasteiger charge is 2.07. The van der Waals surface area contributed by atoms with Crippen LogP contribution in [0.3, 0.4) is 0 Å². The molecule has 0 fully saturated rings. The summed E-state index contributed by atoms with van der Waals surface area (Å²) in [7, 11) is 0. The van der Waals surface area contributed by atoms with Crippen LogP contribution in [0.5, 0.6) is 0 Å². The molecule has 1 amide bonds. The monoisotopic (exact) mass is 285 g/mol. The van der Waals surface area contributed by atoms with E-state index in [4.69, 9.17) is 0 Å². The molecule has 0 aliphatic rings. The SMILES string of the molecule is CCCCCC(=O)Nc1cc(-c2ccncc2)c[nH]c1=O. The summed E-state index contributed by atoms with van der Waals surface area (Å²) in [6.07, 6.45) is 8.35. The Bertz CT molecular complexity index is 650. The van der Waals surface area contributed by atoms with Crippen molar-refractivity contribution in [2.75, 3.05) is 5.32 Å². The third-order valence-electron chi connectivity index (χ3n) is 3.20. The summed E-state index contributed by atoms with van der Waals surface area (Å²) < 4.78 is 0. The second kappa shape index (κ2) is 7.38. The first-order chi connectivity index (χ1) is 10.2. The molecular weight excluding hydrogens is 266 g/mol. The number of nitrogens with zero attached hydrogens (tertiary/aromatic N) is 1. The number of hydrogen-bond donors (Lipinski definition) is 2. The van der Waals surface area contributed by atoms with E-state index >= 15 is 0 Å². The molecule has 0 atom stereocenters. The number of carbonyl (C=O) groups excluding carboxylic acids is 1. The van der Waals surface area contributed by atoms with E-state index in [2.05, 4.69) is 22.2 Å². The average Bonchev–Trinajstić information content (AvgIpc) is 2.51. The molecule has 0 saturated carbocycles. The first-order valence-electron chi connectivity index (χ1n) is 7.13. The molecule has 0 aromatic carbocycles. The van der Waals surface area contributed by atoms with Gasteiger partial charge in [-0.25, -0.2) is 0 Å². The van der Waals surface area contributed by atoms with Gasteiger partial charge in [-0.15, -0.1) is 0 Å². The van der Waals surface area contributed by atoms with Gasteiger partial charge in [0.05, 0.1) is 0 Å². The van der Waals surface area contributed by atoms with Crippen LogP contribution >= 0.6 is 0 Å². The Kier molecular flexibility index (Phi) is 5.26. The molecular formula is C16H19N3O2. The van der Waals surface area contributed by atoms with E-state index in [0.29, 0.717) is 6.42 Å². The third kappa shape index (κ3) is 4.27. The number of hydrogen-bond acceptors (Lipinski definition) is 3. The zero-order valence-electron chi connectivity index (χ0n) is 12.1. The predicted molar refractivity (Wildman–Crippen MR) is 83.1 cm³/mol. The number of anilines is 1. The molecule has 0 bridgehead atoms. The highest BCUT2D eigenvalue weighted by Crippen LogP contribution is 2.18. The number of unbranched alkanes of at least 4 members (excludes halogenated alkanes) is 2. The number of H-pyrrole nitrogens is 1. The van der Waals surface area contributed by atoms with Crippen molar-refractivity contribution in [3.05, 3.63) is 47.1 Å². The van der Waals surface area contributed by atoms with Gasteiger partial charge in [0.15, 0.2) is 0 Å². The highest BCUT2D eigenvalue weighted by molar-refractivity contribution is 5.91. The minimum absolute atomic E-state index is 0.124. The molecule has 0 unspecified atom stereocenters. The van der Waals surface area contributed by atoms with Crippen molar-refractivity contribution in [1.29, 1.82) is 0 Å². The van der Waals surface area contributed by atoms with E-state index in [9.17, 15) is 9.59 Å². The Balaban J connectivity index is 2.13. The Hall–Kier alpha value is -2.43. The summed E-state index contributed by atoms with van der Waals surface area (Å²) in [6, 6.07) is 5.38. The van der Waals surface area contributed by atoms with Gasteiger partial charge in [0.25, 0.3) is 5.56 Å². The summed E-state index contributed by atoms with van der Waals surface area (Å²) >= 11 is 0. The van der Waals surface area contributed by atoms with E-state index in [1.807, 2.05) is 12.1 Å². The van der Waals surface area contributed by atoms with Crippen LogP contribution in [0.1, 0.15) is 32.6 Å². The molecule has 2 heterocycles. The molecule has 2 N–H and O–H groups in total. The number of carbonyl (C=O) groups is 1. The number of nitrogens with one attached hydrogen (secondary N) is 2. The van der Waals surface area contributed by atoms with Crippen LogP contribution in [0.2, 0.25) is 0 Å². The van der Waals surface area contributed by atoms with E-state index < -0.39 is 0 Å². The molecule has 110 valence electrons. The van der Waals surface area contributed by atoms with Crippen molar-refractivity contribution in [3.8, 4) is 11.1 Å². The predicted octanol–water partition coefficient (Wildman–Crippen LogP) is 2.96. The van der Waals surface area contributed by atoms with Gasteiger partial charge in [-0.2, -0.15) is 0 Å². The number of aromatic nitrogens is 2. The largest absolute Gasteiger partial charge is 0.327 e. The first-order valence-corrected chi connectivity index (χ1v) is 7.13. The maximum atomic E-state index is 11.8. The number of aromatic amines is 1. The van der Waals surface area contributed by atoms with Gasteiger partial charge < -0.3 is 10.3 Å². The van der Waals surface area contributed by atoms with Gasteiger partial charge in [0.2, 0.25) is 5.91 Å². The van der Waals surface area contributed by atoms with Crippen LogP contribution in [0.4, 0.5) is 5.69 Å². The van der Waals surface area contributed by atoms with Gasteiger partial charge >= 0.3 is 0 Å². The average molecular weight is 285 g/mol. The van der Waals surface area contributed by atoms with Crippen molar-refractivity contribution >= 4 is 11.6 Å². The second-order valence-electron chi connectivity index (χ2n) is 4.87. The molecule has 0 aliphatic heterocycles. The zero-order chi connectivity index (χ0) is 15.1. The molecule has 5 nitrogen and oxygen atoms in total. The summed E-state index contributed by atoms with van der Waals surface area (Å²) in [4.78, 5) is 30.2. The summed E-state index contributed by atoms with van der Waals surface area (Å²) in [5.74, 6) is -0.124. The number of pyridine rings is 2. The Labute approximate surface area is 123 Å². The van der Waals surface area contributed by atoms with Gasteiger partial charge in [-0.3, -0.25) is 14.6 Å². The van der Waals surface area contributed by atoms with Crippen LogP contribution in [-0.2, 0) is 4.79 Å². The molecule has 0 saturated heterocycles. The third-order valence-corrected chi connectivity index (χ3v) is 3.20. The molecule has 0 radical (unpaired) electrons. The lowest BCUT2D eigenvalue weighted by Crippen LogP contribution is -2.19. The Morgan fingerprint density at radius 1 is 1.24 bits per heavy atom. The van der Waals surface area contributed by atoms with E-state index in [0.717, 1.165) is 30.4 Å². The van der Waals surface area contributed by atoms with Crippen LogP contribution in [0.15, 0.2) is 41.6 Å². The fourth-order valence-electron chi connectivity index (χ4n) is 2.04. The molecule has 2 rings (SSSR count). The molecule has 5 heteroatoms. The van der Waals surface area contributed by atoms with E-state index in [1.54, 1.807) is 24.7 Å². The number of amides is 1. The quantitative estimate of drug-likeness (QED) is 0.801. The van der Waals surface area contributed by atoms with E-state index in [1.165, 1.54) is 0 Å².